The number of rotatable bonds is 7. The number of hydrogen-bond acceptors (Lipinski definition) is 4. The molecule has 4 nitrogen and oxygen atoms in total. The third-order valence-corrected chi connectivity index (χ3v) is 3.52. The Labute approximate surface area is 98.9 Å². The zero-order valence-electron chi connectivity index (χ0n) is 10.8. The van der Waals surface area contributed by atoms with Gasteiger partial charge in [0, 0.05) is 5.92 Å². The molecule has 0 spiro atoms. The van der Waals surface area contributed by atoms with Gasteiger partial charge in [-0.2, -0.15) is 5.43 Å². The van der Waals surface area contributed by atoms with Crippen LogP contribution in [0.2, 0.25) is 0 Å². The largest absolute Gasteiger partial charge is 0.340 e. The van der Waals surface area contributed by atoms with E-state index in [0.29, 0.717) is 5.92 Å². The summed E-state index contributed by atoms with van der Waals surface area (Å²) in [5, 5.41) is 10.4. The van der Waals surface area contributed by atoms with E-state index in [1.165, 1.54) is 25.7 Å². The second kappa shape index (κ2) is 6.55. The summed E-state index contributed by atoms with van der Waals surface area (Å²) < 4.78 is 5.63. The lowest BCUT2D eigenvalue weighted by Crippen LogP contribution is -2.48. The van der Waals surface area contributed by atoms with E-state index < -0.39 is 5.72 Å². The van der Waals surface area contributed by atoms with E-state index >= 15 is 0 Å². The van der Waals surface area contributed by atoms with E-state index in [4.69, 9.17) is 4.74 Å². The molecule has 0 radical (unpaired) electrons. The van der Waals surface area contributed by atoms with Crippen molar-refractivity contribution in [3.63, 3.8) is 0 Å². The summed E-state index contributed by atoms with van der Waals surface area (Å²) in [5.74, 6) is 0.460. The molecule has 2 atom stereocenters. The lowest BCUT2D eigenvalue weighted by Gasteiger charge is -2.32. The van der Waals surface area contributed by atoms with Crippen LogP contribution in [0.1, 0.15) is 59.3 Å². The molecule has 1 heterocycles. The number of hydrogen-bond donors (Lipinski definition) is 2. The molecule has 1 saturated heterocycles. The predicted molar refractivity (Wildman–Crippen MR) is 63.7 cm³/mol. The summed E-state index contributed by atoms with van der Waals surface area (Å²) in [6.07, 6.45) is 7.36. The molecule has 0 aromatic heterocycles. The molecule has 0 aromatic carbocycles. The highest BCUT2D eigenvalue weighted by Crippen LogP contribution is 2.30. The van der Waals surface area contributed by atoms with Crippen molar-refractivity contribution in [1.29, 1.82) is 0 Å². The average molecular weight is 230 g/mol. The van der Waals surface area contributed by atoms with E-state index in [2.05, 4.69) is 19.3 Å². The van der Waals surface area contributed by atoms with Gasteiger partial charge in [0.2, 0.25) is 0 Å². The first kappa shape index (κ1) is 13.9. The molecular formula is C12H26N2O2. The molecule has 1 fully saturated rings. The number of hydrazine groups is 1. The van der Waals surface area contributed by atoms with Crippen LogP contribution in [0, 0.1) is 5.92 Å². The van der Waals surface area contributed by atoms with Crippen LogP contribution in [-0.2, 0) is 4.74 Å². The Kier molecular flexibility index (Phi) is 5.69. The van der Waals surface area contributed by atoms with Crippen LogP contribution >= 0.6 is 0 Å². The highest BCUT2D eigenvalue weighted by Gasteiger charge is 2.39. The molecule has 2 N–H and O–H groups in total. The third-order valence-electron chi connectivity index (χ3n) is 3.52. The Bertz CT molecular complexity index is 201. The van der Waals surface area contributed by atoms with Crippen molar-refractivity contribution in [3.05, 3.63) is 0 Å². The number of nitrogens with zero attached hydrogens (tertiary/aromatic N) is 1. The van der Waals surface area contributed by atoms with Crippen LogP contribution in [0.5, 0.6) is 0 Å². The quantitative estimate of drug-likeness (QED) is 0.660. The zero-order chi connectivity index (χ0) is 12.0. The molecule has 2 unspecified atom stereocenters. The lowest BCUT2D eigenvalue weighted by atomic mass is 9.89. The fourth-order valence-corrected chi connectivity index (χ4v) is 2.41. The van der Waals surface area contributed by atoms with Gasteiger partial charge in [-0.15, -0.1) is 0 Å². The van der Waals surface area contributed by atoms with Crippen LogP contribution in [0.25, 0.3) is 0 Å². The molecule has 16 heavy (non-hydrogen) atoms. The van der Waals surface area contributed by atoms with Gasteiger partial charge in [-0.05, 0) is 19.8 Å². The van der Waals surface area contributed by atoms with Crippen molar-refractivity contribution in [2.24, 2.45) is 5.92 Å². The standard InChI is InChI=1S/C12H26N2O2/c1-4-6-7-8-9-11(5-2)12(3)13-14(15)10-16-12/h11,13,15H,4-10H2,1-3H3. The first-order valence-corrected chi connectivity index (χ1v) is 6.50. The fourth-order valence-electron chi connectivity index (χ4n) is 2.41. The van der Waals surface area contributed by atoms with E-state index in [1.807, 2.05) is 6.92 Å². The van der Waals surface area contributed by atoms with Gasteiger partial charge in [0.05, 0.1) is 0 Å². The number of nitrogens with one attached hydrogen (secondary N) is 1. The normalized spacial score (nSPS) is 28.5. The Morgan fingerprint density at radius 1 is 1.38 bits per heavy atom. The van der Waals surface area contributed by atoms with Gasteiger partial charge >= 0.3 is 0 Å². The van der Waals surface area contributed by atoms with Crippen LogP contribution in [0.4, 0.5) is 0 Å². The monoisotopic (exact) mass is 230 g/mol. The van der Waals surface area contributed by atoms with Crippen molar-refractivity contribution in [2.45, 2.75) is 65.0 Å². The third kappa shape index (κ3) is 3.70. The lowest BCUT2D eigenvalue weighted by molar-refractivity contribution is -0.130. The van der Waals surface area contributed by atoms with Crippen molar-refractivity contribution in [2.75, 3.05) is 6.73 Å². The maximum absolute atomic E-state index is 9.32. The summed E-state index contributed by atoms with van der Waals surface area (Å²) >= 11 is 0. The van der Waals surface area contributed by atoms with Gasteiger partial charge in [-0.1, -0.05) is 44.7 Å². The highest BCUT2D eigenvalue weighted by atomic mass is 16.7. The van der Waals surface area contributed by atoms with Gasteiger partial charge in [0.1, 0.15) is 12.5 Å². The predicted octanol–water partition coefficient (Wildman–Crippen LogP) is 2.88. The Hall–Kier alpha value is -0.160. The van der Waals surface area contributed by atoms with Gasteiger partial charge < -0.3 is 4.74 Å². The van der Waals surface area contributed by atoms with Crippen molar-refractivity contribution < 1.29 is 9.94 Å². The van der Waals surface area contributed by atoms with Crippen LogP contribution in [0.15, 0.2) is 0 Å². The summed E-state index contributed by atoms with van der Waals surface area (Å²) in [7, 11) is 0. The minimum Gasteiger partial charge on any atom is -0.340 e. The van der Waals surface area contributed by atoms with Gasteiger partial charge in [-0.3, -0.25) is 5.21 Å². The molecular weight excluding hydrogens is 204 g/mol. The van der Waals surface area contributed by atoms with Crippen molar-refractivity contribution >= 4 is 0 Å². The van der Waals surface area contributed by atoms with E-state index in [1.54, 1.807) is 0 Å². The summed E-state index contributed by atoms with van der Waals surface area (Å²) in [5.41, 5.74) is 2.60. The number of unbranched alkanes of at least 4 members (excludes halogenated alkanes) is 3. The van der Waals surface area contributed by atoms with Crippen LogP contribution in [-0.4, -0.2) is 22.8 Å². The fraction of sp³-hybridized carbons (Fsp3) is 1.00. The Balaban J connectivity index is 2.35. The average Bonchev–Trinajstić information content (AvgIpc) is 2.60. The molecule has 96 valence electrons. The molecule has 1 aliphatic rings. The Morgan fingerprint density at radius 3 is 2.62 bits per heavy atom. The van der Waals surface area contributed by atoms with Crippen LogP contribution < -0.4 is 5.43 Å². The maximum Gasteiger partial charge on any atom is 0.140 e. The Morgan fingerprint density at radius 2 is 2.12 bits per heavy atom. The summed E-state index contributed by atoms with van der Waals surface area (Å²) in [6.45, 7) is 6.68. The minimum absolute atomic E-state index is 0.252. The van der Waals surface area contributed by atoms with Crippen molar-refractivity contribution in [1.82, 2.24) is 10.6 Å². The first-order chi connectivity index (χ1) is 7.62. The molecule has 0 aliphatic carbocycles. The number of ether oxygens (including phenoxy) is 1. The maximum atomic E-state index is 9.32. The van der Waals surface area contributed by atoms with E-state index in [0.717, 1.165) is 18.0 Å². The minimum atomic E-state index is -0.393. The van der Waals surface area contributed by atoms with E-state index in [-0.39, 0.29) is 6.73 Å². The number of hydroxylamine groups is 1. The molecule has 4 heteroatoms. The molecule has 1 rings (SSSR count). The zero-order valence-corrected chi connectivity index (χ0v) is 10.8. The van der Waals surface area contributed by atoms with Crippen LogP contribution in [0.3, 0.4) is 0 Å². The molecule has 0 saturated carbocycles. The summed E-state index contributed by atoms with van der Waals surface area (Å²) in [6, 6.07) is 0. The van der Waals surface area contributed by atoms with Gasteiger partial charge in [0.25, 0.3) is 0 Å². The SMILES string of the molecule is CCCCCCC(CC)C1(C)NN(O)CO1. The molecule has 1 aliphatic heterocycles. The van der Waals surface area contributed by atoms with E-state index in [9.17, 15) is 5.21 Å². The second-order valence-electron chi connectivity index (χ2n) is 4.85. The molecule has 0 amide bonds. The van der Waals surface area contributed by atoms with Crippen molar-refractivity contribution in [3.8, 4) is 0 Å². The molecule has 0 aromatic rings. The van der Waals surface area contributed by atoms with Gasteiger partial charge in [0.15, 0.2) is 0 Å². The smallest absolute Gasteiger partial charge is 0.140 e. The summed E-state index contributed by atoms with van der Waals surface area (Å²) in [4.78, 5) is 0. The van der Waals surface area contributed by atoms with Gasteiger partial charge in [-0.25, -0.2) is 0 Å². The highest BCUT2D eigenvalue weighted by molar-refractivity contribution is 4.81. The second-order valence-corrected chi connectivity index (χ2v) is 4.85. The first-order valence-electron chi connectivity index (χ1n) is 6.50. The topological polar surface area (TPSA) is 44.7 Å². The molecule has 0 bridgehead atoms.